The minimum absolute atomic E-state index is 0.116. The second-order valence-electron chi connectivity index (χ2n) is 12.2. The number of amides is 4. The van der Waals surface area contributed by atoms with E-state index in [9.17, 15) is 24.3 Å². The molecule has 0 spiro atoms. The molecule has 7 rings (SSSR count). The van der Waals surface area contributed by atoms with Crippen molar-refractivity contribution < 1.29 is 33.8 Å². The molecule has 6 atom stereocenters. The van der Waals surface area contributed by atoms with Crippen molar-refractivity contribution in [1.82, 2.24) is 4.90 Å². The number of carbonyl (C=O) groups excluding carboxylic acids is 4. The predicted molar refractivity (Wildman–Crippen MR) is 178 cm³/mol. The van der Waals surface area contributed by atoms with E-state index in [-0.39, 0.29) is 46.1 Å². The molecule has 1 saturated carbocycles. The van der Waals surface area contributed by atoms with Crippen molar-refractivity contribution >= 4 is 90.1 Å². The number of hydrogen-bond acceptors (Lipinski definition) is 8. The van der Waals surface area contributed by atoms with Gasteiger partial charge in [0.1, 0.15) is 0 Å². The number of benzene rings is 2. The topological polar surface area (TPSA) is 117 Å². The van der Waals surface area contributed by atoms with E-state index in [1.54, 1.807) is 24.3 Å². The van der Waals surface area contributed by atoms with Crippen LogP contribution in [0.4, 0.5) is 11.4 Å². The highest BCUT2D eigenvalue weighted by Gasteiger charge is 2.76. The summed E-state index contributed by atoms with van der Waals surface area (Å²) >= 11 is 21.2. The van der Waals surface area contributed by atoms with Gasteiger partial charge in [-0.2, -0.15) is 0 Å². The lowest BCUT2D eigenvalue weighted by Crippen LogP contribution is -2.60. The molecule has 242 valence electrons. The van der Waals surface area contributed by atoms with Gasteiger partial charge in [-0.15, -0.1) is 23.2 Å². The van der Waals surface area contributed by atoms with E-state index in [1.807, 2.05) is 18.2 Å². The first-order valence-electron chi connectivity index (χ1n) is 14.8. The maximum absolute atomic E-state index is 14.3. The molecule has 0 aromatic heterocycles. The first-order chi connectivity index (χ1) is 22.0. The second-order valence-corrected chi connectivity index (χ2v) is 14.8. The lowest BCUT2D eigenvalue weighted by Gasteiger charge is -2.50. The number of allylic oxidation sites excluding steroid dienone is 2. The van der Waals surface area contributed by atoms with Crippen LogP contribution in [0.5, 0.6) is 11.5 Å². The number of carbonyl (C=O) groups is 4. The molecule has 2 aliphatic carbocycles. The lowest BCUT2D eigenvalue weighted by molar-refractivity contribution is -0.138. The van der Waals surface area contributed by atoms with Crippen molar-refractivity contribution in [2.75, 3.05) is 48.7 Å². The zero-order valence-corrected chi connectivity index (χ0v) is 29.2. The van der Waals surface area contributed by atoms with Crippen molar-refractivity contribution in [3.63, 3.8) is 0 Å². The molecule has 5 aliphatic rings. The third kappa shape index (κ3) is 4.36. The van der Waals surface area contributed by atoms with E-state index in [4.69, 9.17) is 32.7 Å². The summed E-state index contributed by atoms with van der Waals surface area (Å²) < 4.78 is 11.1. The van der Waals surface area contributed by atoms with Gasteiger partial charge in [0.05, 0.1) is 47.8 Å². The Hall–Kier alpha value is -2.64. The van der Waals surface area contributed by atoms with E-state index in [0.717, 1.165) is 23.7 Å². The summed E-state index contributed by atoms with van der Waals surface area (Å²) in [7, 11) is 1.39. The minimum atomic E-state index is -1.96. The molecular formula is C32H29Br2Cl2N3O7. The summed E-state index contributed by atoms with van der Waals surface area (Å²) in [6.45, 7) is 2.77. The Morgan fingerprint density at radius 3 is 2.33 bits per heavy atom. The number of phenols is 1. The third-order valence-corrected chi connectivity index (χ3v) is 12.6. The first kappa shape index (κ1) is 31.9. The smallest absolute Gasteiger partial charge is 0.254 e. The molecule has 46 heavy (non-hydrogen) atoms. The molecule has 1 N–H and O–H groups in total. The Morgan fingerprint density at radius 1 is 1.00 bits per heavy atom. The number of aromatic hydroxyl groups is 1. The molecule has 3 aliphatic heterocycles. The number of imide groups is 2. The Balaban J connectivity index is 1.31. The maximum Gasteiger partial charge on any atom is 0.254 e. The molecule has 4 amide bonds. The number of likely N-dealkylation sites (tertiary alicyclic amines) is 1. The molecule has 3 heterocycles. The van der Waals surface area contributed by atoms with E-state index >= 15 is 0 Å². The number of fused-ring (bicyclic) bond motifs is 4. The number of alkyl halides is 3. The van der Waals surface area contributed by atoms with Crippen molar-refractivity contribution in [2.24, 2.45) is 17.8 Å². The van der Waals surface area contributed by atoms with Crippen molar-refractivity contribution in [2.45, 2.75) is 28.5 Å². The van der Waals surface area contributed by atoms with Crippen LogP contribution in [0.2, 0.25) is 0 Å². The molecular weight excluding hydrogens is 769 g/mol. The number of morpholine rings is 1. The Morgan fingerprint density at radius 2 is 1.67 bits per heavy atom. The predicted octanol–water partition coefficient (Wildman–Crippen LogP) is 4.92. The van der Waals surface area contributed by atoms with Crippen LogP contribution in [0.1, 0.15) is 24.3 Å². The summed E-state index contributed by atoms with van der Waals surface area (Å²) in [6.07, 6.45) is 1.99. The fourth-order valence-electron chi connectivity index (χ4n) is 7.93. The summed E-state index contributed by atoms with van der Waals surface area (Å²) in [4.78, 5) is 56.6. The fraction of sp³-hybridized carbons (Fsp3) is 0.438. The molecule has 4 fully saturated rings. The molecule has 0 radical (unpaired) electrons. The number of ether oxygens (including phenoxy) is 2. The van der Waals surface area contributed by atoms with Crippen LogP contribution < -0.4 is 14.5 Å². The van der Waals surface area contributed by atoms with Gasteiger partial charge in [0.25, 0.3) is 11.8 Å². The summed E-state index contributed by atoms with van der Waals surface area (Å²) in [5, 5.41) is 10.6. The lowest BCUT2D eigenvalue weighted by atomic mass is 9.56. The van der Waals surface area contributed by atoms with Gasteiger partial charge < -0.3 is 19.5 Å². The van der Waals surface area contributed by atoms with Gasteiger partial charge in [-0.05, 0) is 76.7 Å². The molecule has 0 bridgehead atoms. The minimum Gasteiger partial charge on any atom is -0.503 e. The third-order valence-electron chi connectivity index (χ3n) is 10.1. The summed E-state index contributed by atoms with van der Waals surface area (Å²) in [5.74, 6) is -5.24. The molecule has 14 heteroatoms. The Bertz CT molecular complexity index is 1700. The van der Waals surface area contributed by atoms with E-state index in [2.05, 4.69) is 36.8 Å². The van der Waals surface area contributed by atoms with Crippen molar-refractivity contribution in [3.8, 4) is 11.5 Å². The van der Waals surface area contributed by atoms with E-state index in [1.165, 1.54) is 12.0 Å². The average molecular weight is 798 g/mol. The van der Waals surface area contributed by atoms with Gasteiger partial charge in [-0.1, -0.05) is 27.6 Å². The maximum atomic E-state index is 14.3. The van der Waals surface area contributed by atoms with Gasteiger partial charge in [0, 0.05) is 24.7 Å². The summed E-state index contributed by atoms with van der Waals surface area (Å²) in [5.41, 5.74) is 2.43. The monoisotopic (exact) mass is 795 g/mol. The Labute approximate surface area is 291 Å². The average Bonchev–Trinajstić information content (AvgIpc) is 3.40. The highest BCUT2D eigenvalue weighted by molar-refractivity contribution is 9.10. The van der Waals surface area contributed by atoms with Gasteiger partial charge >= 0.3 is 0 Å². The van der Waals surface area contributed by atoms with Crippen LogP contribution >= 0.6 is 55.1 Å². The molecule has 6 unspecified atom stereocenters. The molecule has 2 aromatic rings. The number of nitrogens with zero attached hydrogens (tertiary/aromatic N) is 3. The van der Waals surface area contributed by atoms with E-state index in [0.29, 0.717) is 30.0 Å². The summed E-state index contributed by atoms with van der Waals surface area (Å²) in [6, 6.07) is 10.5. The number of methoxy groups -OCH3 is 1. The van der Waals surface area contributed by atoms with Crippen molar-refractivity contribution in [1.29, 1.82) is 0 Å². The zero-order chi connectivity index (χ0) is 32.7. The van der Waals surface area contributed by atoms with Crippen LogP contribution in [0.25, 0.3) is 0 Å². The van der Waals surface area contributed by atoms with Crippen LogP contribution in [0, 0.1) is 17.8 Å². The number of phenolic OH excluding ortho intramolecular Hbond substituents is 1. The highest BCUT2D eigenvalue weighted by Crippen LogP contribution is 2.66. The standard InChI is InChI=1S/C32H29Br2Cl2N3O7/c1-45-23-13-16(12-22(34)26(23)40)25-19-6-7-20-24(21(19)14-31(35)29(43)38(15-33)30(44)32(25,31)36)28(42)39(27(20)41)18-4-2-17(3-5-18)37-8-10-46-11-9-37/h2-6,12-13,20-21,24-25,40H,7-11,14-15H2,1H3. The second kappa shape index (κ2) is 11.5. The molecule has 3 saturated heterocycles. The van der Waals surface area contributed by atoms with E-state index < -0.39 is 45.2 Å². The molecule has 10 nitrogen and oxygen atoms in total. The first-order valence-corrected chi connectivity index (χ1v) is 17.5. The molecule has 2 aromatic carbocycles. The quantitative estimate of drug-likeness (QED) is 0.197. The Kier molecular flexibility index (Phi) is 7.99. The van der Waals surface area contributed by atoms with Gasteiger partial charge in [-0.3, -0.25) is 29.0 Å². The number of rotatable bonds is 5. The largest absolute Gasteiger partial charge is 0.503 e. The van der Waals surface area contributed by atoms with Crippen molar-refractivity contribution in [3.05, 3.63) is 58.1 Å². The van der Waals surface area contributed by atoms with Gasteiger partial charge in [0.15, 0.2) is 21.2 Å². The normalized spacial score (nSPS) is 32.4. The number of halogens is 4. The van der Waals surface area contributed by atoms with Crippen LogP contribution in [0.15, 0.2) is 52.5 Å². The highest BCUT2D eigenvalue weighted by atomic mass is 79.9. The van der Waals surface area contributed by atoms with Gasteiger partial charge in [0.2, 0.25) is 11.8 Å². The SMILES string of the molecule is COc1cc(C2C3=CCC4C(=O)N(c5ccc(N6CCOCC6)cc5)C(=O)C4C3CC3(Cl)C(=O)N(CBr)C(=O)C23Cl)cc(Br)c1O. The van der Waals surface area contributed by atoms with Gasteiger partial charge in [-0.25, -0.2) is 0 Å². The number of hydrogen-bond donors (Lipinski definition) is 1. The van der Waals surface area contributed by atoms with Crippen LogP contribution in [0.3, 0.4) is 0 Å². The van der Waals surface area contributed by atoms with Crippen LogP contribution in [-0.4, -0.2) is 82.3 Å². The zero-order valence-electron chi connectivity index (χ0n) is 24.6. The fourth-order valence-corrected chi connectivity index (χ4v) is 9.82. The van der Waals surface area contributed by atoms with Crippen LogP contribution in [-0.2, 0) is 23.9 Å². The number of anilines is 2.